The van der Waals surface area contributed by atoms with Crippen LogP contribution in [0.5, 0.6) is 0 Å². The Bertz CT molecular complexity index is 291. The Morgan fingerprint density at radius 1 is 1.44 bits per heavy atom. The molecule has 4 heteroatoms. The average Bonchev–Trinajstić information content (AvgIpc) is 2.73. The van der Waals surface area contributed by atoms with E-state index in [2.05, 4.69) is 6.92 Å². The topological polar surface area (TPSA) is 77.8 Å². The largest absolute Gasteiger partial charge is 0.481 e. The van der Waals surface area contributed by atoms with Crippen molar-refractivity contribution in [2.75, 3.05) is 0 Å². The molecule has 16 heavy (non-hydrogen) atoms. The lowest BCUT2D eigenvalue weighted by Crippen LogP contribution is -2.47. The van der Waals surface area contributed by atoms with Gasteiger partial charge in [-0.3, -0.25) is 4.79 Å². The van der Waals surface area contributed by atoms with Crippen molar-refractivity contribution in [2.45, 2.75) is 51.2 Å². The van der Waals surface area contributed by atoms with E-state index in [0.717, 1.165) is 19.3 Å². The van der Waals surface area contributed by atoms with Gasteiger partial charge in [-0.25, -0.2) is 0 Å². The number of carboxylic acids is 1. The van der Waals surface area contributed by atoms with E-state index < -0.39 is 29.5 Å². The first-order chi connectivity index (χ1) is 7.53. The second-order valence-corrected chi connectivity index (χ2v) is 5.36. The number of carbonyl (C=O) groups is 1. The summed E-state index contributed by atoms with van der Waals surface area (Å²) in [6, 6.07) is 0. The molecule has 0 aromatic carbocycles. The normalized spacial score (nSPS) is 46.2. The first-order valence-corrected chi connectivity index (χ1v) is 6.12. The van der Waals surface area contributed by atoms with Gasteiger partial charge in [-0.05, 0) is 25.2 Å². The Morgan fingerprint density at radius 3 is 2.62 bits per heavy atom. The van der Waals surface area contributed by atoms with Crippen LogP contribution in [-0.2, 0) is 4.79 Å². The van der Waals surface area contributed by atoms with Gasteiger partial charge in [0.05, 0.1) is 18.1 Å². The molecular weight excluding hydrogens is 208 g/mol. The van der Waals surface area contributed by atoms with Gasteiger partial charge in [-0.1, -0.05) is 19.8 Å². The number of aliphatic hydroxyl groups is 2. The summed E-state index contributed by atoms with van der Waals surface area (Å²) in [7, 11) is 0. The molecule has 0 spiro atoms. The molecule has 0 radical (unpaired) electrons. The van der Waals surface area contributed by atoms with E-state index in [1.54, 1.807) is 0 Å². The van der Waals surface area contributed by atoms with Gasteiger partial charge in [0.1, 0.15) is 0 Å². The van der Waals surface area contributed by atoms with E-state index in [1.165, 1.54) is 0 Å². The molecular formula is C12H20O4. The average molecular weight is 228 g/mol. The van der Waals surface area contributed by atoms with Gasteiger partial charge >= 0.3 is 5.97 Å². The molecule has 5 unspecified atom stereocenters. The summed E-state index contributed by atoms with van der Waals surface area (Å²) >= 11 is 0. The molecule has 2 bridgehead atoms. The summed E-state index contributed by atoms with van der Waals surface area (Å²) in [5, 5.41) is 29.1. The van der Waals surface area contributed by atoms with Crippen molar-refractivity contribution in [3.05, 3.63) is 0 Å². The van der Waals surface area contributed by atoms with Crippen LogP contribution in [0.1, 0.15) is 39.0 Å². The van der Waals surface area contributed by atoms with Crippen LogP contribution in [0, 0.1) is 17.3 Å². The van der Waals surface area contributed by atoms with E-state index in [4.69, 9.17) is 0 Å². The van der Waals surface area contributed by atoms with E-state index in [0.29, 0.717) is 12.8 Å². The molecule has 2 aliphatic rings. The molecule has 2 aliphatic carbocycles. The lowest BCUT2D eigenvalue weighted by Gasteiger charge is -2.38. The predicted octanol–water partition coefficient (Wildman–Crippen LogP) is 1.01. The maximum atomic E-state index is 11.2. The molecule has 0 heterocycles. The van der Waals surface area contributed by atoms with Crippen LogP contribution in [-0.4, -0.2) is 33.5 Å². The number of hydrogen-bond donors (Lipinski definition) is 3. The van der Waals surface area contributed by atoms with Crippen molar-refractivity contribution in [1.29, 1.82) is 0 Å². The summed E-state index contributed by atoms with van der Waals surface area (Å²) < 4.78 is 0. The molecule has 0 saturated heterocycles. The smallest absolute Gasteiger partial charge is 0.307 e. The summed E-state index contributed by atoms with van der Waals surface area (Å²) in [6.45, 7) is 2.05. The molecule has 5 atom stereocenters. The highest BCUT2D eigenvalue weighted by molar-refractivity contribution is 5.72. The Morgan fingerprint density at radius 2 is 2.12 bits per heavy atom. The van der Waals surface area contributed by atoms with Crippen molar-refractivity contribution in [1.82, 2.24) is 0 Å². The molecule has 2 saturated carbocycles. The Labute approximate surface area is 95.3 Å². The van der Waals surface area contributed by atoms with Crippen molar-refractivity contribution in [3.63, 3.8) is 0 Å². The summed E-state index contributed by atoms with van der Waals surface area (Å²) in [4.78, 5) is 11.2. The number of aliphatic carboxylic acids is 1. The Kier molecular flexibility index (Phi) is 2.97. The van der Waals surface area contributed by atoms with Gasteiger partial charge in [-0.15, -0.1) is 0 Å². The Hall–Kier alpha value is -0.610. The number of fused-ring (bicyclic) bond motifs is 2. The SMILES string of the molecule is CCCCC12CC(CC1C(=O)O)C(O)C2O. The monoisotopic (exact) mass is 228 g/mol. The third-order valence-corrected chi connectivity index (χ3v) is 4.56. The minimum absolute atomic E-state index is 0.0204. The van der Waals surface area contributed by atoms with Gasteiger partial charge in [0.2, 0.25) is 0 Å². The molecule has 0 amide bonds. The van der Waals surface area contributed by atoms with Crippen LogP contribution in [0.3, 0.4) is 0 Å². The zero-order valence-corrected chi connectivity index (χ0v) is 9.59. The molecule has 0 aliphatic heterocycles. The molecule has 4 nitrogen and oxygen atoms in total. The first-order valence-electron chi connectivity index (χ1n) is 6.12. The van der Waals surface area contributed by atoms with Gasteiger partial charge in [0, 0.05) is 5.41 Å². The van der Waals surface area contributed by atoms with E-state index >= 15 is 0 Å². The van der Waals surface area contributed by atoms with Gasteiger partial charge in [0.15, 0.2) is 0 Å². The minimum atomic E-state index is -0.848. The lowest BCUT2D eigenvalue weighted by molar-refractivity contribution is -0.155. The number of aliphatic hydroxyl groups excluding tert-OH is 2. The summed E-state index contributed by atoms with van der Waals surface area (Å²) in [5.41, 5.74) is -0.564. The first kappa shape index (κ1) is 11.9. The van der Waals surface area contributed by atoms with Crippen LogP contribution in [0.15, 0.2) is 0 Å². The fourth-order valence-corrected chi connectivity index (χ4v) is 3.71. The van der Waals surface area contributed by atoms with Crippen molar-refractivity contribution in [3.8, 4) is 0 Å². The van der Waals surface area contributed by atoms with Crippen LogP contribution in [0.4, 0.5) is 0 Å². The van der Waals surface area contributed by atoms with E-state index in [1.807, 2.05) is 0 Å². The number of hydrogen-bond acceptors (Lipinski definition) is 3. The number of carboxylic acid groups (broad SMARTS) is 1. The third-order valence-electron chi connectivity index (χ3n) is 4.56. The fourth-order valence-electron chi connectivity index (χ4n) is 3.71. The van der Waals surface area contributed by atoms with Gasteiger partial charge < -0.3 is 15.3 Å². The molecule has 2 rings (SSSR count). The van der Waals surface area contributed by atoms with E-state index in [9.17, 15) is 20.1 Å². The molecule has 3 N–H and O–H groups in total. The van der Waals surface area contributed by atoms with Crippen LogP contribution in [0.25, 0.3) is 0 Å². The summed E-state index contributed by atoms with van der Waals surface area (Å²) in [6.07, 6.45) is 2.26. The highest BCUT2D eigenvalue weighted by Gasteiger charge is 2.63. The lowest BCUT2D eigenvalue weighted by atomic mass is 9.69. The molecule has 0 aromatic rings. The maximum Gasteiger partial charge on any atom is 0.307 e. The Balaban J connectivity index is 2.23. The highest BCUT2D eigenvalue weighted by Crippen LogP contribution is 2.60. The molecule has 0 aromatic heterocycles. The summed E-state index contributed by atoms with van der Waals surface area (Å²) in [5.74, 6) is -1.31. The van der Waals surface area contributed by atoms with Crippen LogP contribution < -0.4 is 0 Å². The third kappa shape index (κ3) is 1.47. The second kappa shape index (κ2) is 4.00. The number of rotatable bonds is 4. The molecule has 2 fully saturated rings. The fraction of sp³-hybridized carbons (Fsp3) is 0.917. The second-order valence-electron chi connectivity index (χ2n) is 5.36. The quantitative estimate of drug-likeness (QED) is 0.671. The highest BCUT2D eigenvalue weighted by atomic mass is 16.4. The maximum absolute atomic E-state index is 11.2. The minimum Gasteiger partial charge on any atom is -0.481 e. The zero-order valence-electron chi connectivity index (χ0n) is 9.59. The van der Waals surface area contributed by atoms with E-state index in [-0.39, 0.29) is 5.92 Å². The van der Waals surface area contributed by atoms with Crippen LogP contribution >= 0.6 is 0 Å². The molecule has 92 valence electrons. The van der Waals surface area contributed by atoms with Gasteiger partial charge in [0.25, 0.3) is 0 Å². The zero-order chi connectivity index (χ0) is 11.9. The number of unbranched alkanes of at least 4 members (excludes halogenated alkanes) is 1. The van der Waals surface area contributed by atoms with Gasteiger partial charge in [-0.2, -0.15) is 0 Å². The van der Waals surface area contributed by atoms with Crippen molar-refractivity contribution in [2.24, 2.45) is 17.3 Å². The van der Waals surface area contributed by atoms with Crippen LogP contribution in [0.2, 0.25) is 0 Å². The predicted molar refractivity (Wildman–Crippen MR) is 57.8 cm³/mol. The van der Waals surface area contributed by atoms with Crippen molar-refractivity contribution >= 4 is 5.97 Å². The van der Waals surface area contributed by atoms with Crippen molar-refractivity contribution < 1.29 is 20.1 Å². The standard InChI is InChI=1S/C12H20O4/c1-2-3-4-12-6-7(9(13)10(12)14)5-8(12)11(15)16/h7-10,13-14H,2-6H2,1H3,(H,15,16).